The van der Waals surface area contributed by atoms with E-state index < -0.39 is 30.9 Å². The molecule has 142 valence electrons. The number of Topliss-reactive ketones (excluding diaryl/α,β-unsaturated/α-hetero) is 1. The highest BCUT2D eigenvalue weighted by Crippen LogP contribution is 2.23. The van der Waals surface area contributed by atoms with Crippen molar-refractivity contribution in [3.63, 3.8) is 0 Å². The maximum absolute atomic E-state index is 12.4. The van der Waals surface area contributed by atoms with Gasteiger partial charge in [0.05, 0.1) is 11.1 Å². The third-order valence-electron chi connectivity index (χ3n) is 5.20. The van der Waals surface area contributed by atoms with Gasteiger partial charge in [-0.3, -0.25) is 24.1 Å². The second-order valence-corrected chi connectivity index (χ2v) is 7.02. The van der Waals surface area contributed by atoms with E-state index in [1.807, 2.05) is 12.1 Å². The highest BCUT2D eigenvalue weighted by Gasteiger charge is 2.36. The smallest absolute Gasteiger partial charge is 0.326 e. The van der Waals surface area contributed by atoms with Crippen molar-refractivity contribution in [2.24, 2.45) is 0 Å². The molecule has 1 aliphatic carbocycles. The van der Waals surface area contributed by atoms with Gasteiger partial charge in [-0.15, -0.1) is 0 Å². The number of nitrogens with zero attached hydrogens (tertiary/aromatic N) is 1. The van der Waals surface area contributed by atoms with Crippen LogP contribution in [-0.2, 0) is 22.4 Å². The first-order chi connectivity index (χ1) is 13.5. The van der Waals surface area contributed by atoms with E-state index in [9.17, 15) is 19.2 Å². The molecule has 0 fully saturated rings. The first-order valence-electron chi connectivity index (χ1n) is 9.30. The Kier molecular flexibility index (Phi) is 4.77. The Balaban J connectivity index is 1.36. The molecule has 0 radical (unpaired) electrons. The summed E-state index contributed by atoms with van der Waals surface area (Å²) in [7, 11) is 0. The van der Waals surface area contributed by atoms with E-state index in [2.05, 4.69) is 0 Å². The van der Waals surface area contributed by atoms with E-state index in [1.165, 1.54) is 11.1 Å². The summed E-state index contributed by atoms with van der Waals surface area (Å²) in [4.78, 5) is 49.8. The van der Waals surface area contributed by atoms with Gasteiger partial charge < -0.3 is 4.74 Å². The van der Waals surface area contributed by atoms with Gasteiger partial charge in [0.2, 0.25) is 0 Å². The molecule has 2 aromatic carbocycles. The molecule has 0 N–H and O–H groups in total. The summed E-state index contributed by atoms with van der Waals surface area (Å²) in [5, 5.41) is 0. The van der Waals surface area contributed by atoms with Crippen molar-refractivity contribution in [2.75, 3.05) is 13.2 Å². The molecule has 0 bridgehead atoms. The Bertz CT molecular complexity index is 959. The Hall–Kier alpha value is -3.28. The highest BCUT2D eigenvalue weighted by molar-refractivity contribution is 6.22. The molecule has 0 saturated heterocycles. The number of carbonyl (C=O) groups excluding carboxylic acids is 4. The normalized spacial score (nSPS) is 15.2. The molecular weight excluding hydrogens is 358 g/mol. The van der Waals surface area contributed by atoms with Gasteiger partial charge in [0.25, 0.3) is 11.8 Å². The Morgan fingerprint density at radius 2 is 1.54 bits per heavy atom. The minimum absolute atomic E-state index is 0.269. The molecule has 0 saturated carbocycles. The van der Waals surface area contributed by atoms with Gasteiger partial charge in [0.15, 0.2) is 12.4 Å². The number of amides is 2. The van der Waals surface area contributed by atoms with Crippen molar-refractivity contribution >= 4 is 23.6 Å². The minimum atomic E-state index is -0.791. The van der Waals surface area contributed by atoms with Gasteiger partial charge in [0, 0.05) is 5.56 Å². The van der Waals surface area contributed by atoms with Crippen LogP contribution in [0.25, 0.3) is 0 Å². The molecule has 1 heterocycles. The quantitative estimate of drug-likeness (QED) is 0.455. The first kappa shape index (κ1) is 18.1. The van der Waals surface area contributed by atoms with Crippen LogP contribution in [0, 0.1) is 0 Å². The number of aryl methyl sites for hydroxylation is 2. The molecule has 0 atom stereocenters. The van der Waals surface area contributed by atoms with Crippen LogP contribution in [0.1, 0.15) is 55.0 Å². The molecule has 0 spiro atoms. The lowest BCUT2D eigenvalue weighted by molar-refractivity contribution is -0.142. The number of carbonyl (C=O) groups is 4. The van der Waals surface area contributed by atoms with Crippen molar-refractivity contribution < 1.29 is 23.9 Å². The predicted octanol–water partition coefficient (Wildman–Crippen LogP) is 2.59. The lowest BCUT2D eigenvalue weighted by Gasteiger charge is -2.16. The Labute approximate surface area is 162 Å². The molecule has 28 heavy (non-hydrogen) atoms. The third kappa shape index (κ3) is 3.33. The van der Waals surface area contributed by atoms with Crippen LogP contribution in [0.4, 0.5) is 0 Å². The molecule has 6 nitrogen and oxygen atoms in total. The standard InChI is InChI=1S/C22H19NO5/c24-19(16-10-9-14-5-1-2-6-15(14)11-16)13-28-20(25)12-23-21(26)17-7-3-4-8-18(17)22(23)27/h3-4,7-11H,1-2,5-6,12-13H2. The Morgan fingerprint density at radius 1 is 0.893 bits per heavy atom. The van der Waals surface area contributed by atoms with Crippen LogP contribution in [0.5, 0.6) is 0 Å². The van der Waals surface area contributed by atoms with E-state index in [0.717, 1.165) is 30.6 Å². The number of imide groups is 1. The first-order valence-corrected chi connectivity index (χ1v) is 9.30. The second-order valence-electron chi connectivity index (χ2n) is 7.02. The number of rotatable bonds is 5. The lowest BCUT2D eigenvalue weighted by Crippen LogP contribution is -2.36. The van der Waals surface area contributed by atoms with Gasteiger partial charge in [-0.05, 0) is 55.0 Å². The summed E-state index contributed by atoms with van der Waals surface area (Å²) in [5.74, 6) is -2.15. The SMILES string of the molecule is O=C(CN1C(=O)c2ccccc2C1=O)OCC(=O)c1ccc2c(c1)CCCC2. The average Bonchev–Trinajstić information content (AvgIpc) is 2.97. The second kappa shape index (κ2) is 7.38. The highest BCUT2D eigenvalue weighted by atomic mass is 16.5. The number of hydrogen-bond acceptors (Lipinski definition) is 5. The zero-order chi connectivity index (χ0) is 19.7. The average molecular weight is 377 g/mol. The summed E-state index contributed by atoms with van der Waals surface area (Å²) < 4.78 is 5.03. The fourth-order valence-electron chi connectivity index (χ4n) is 3.69. The minimum Gasteiger partial charge on any atom is -0.456 e. The van der Waals surface area contributed by atoms with Gasteiger partial charge in [-0.25, -0.2) is 0 Å². The third-order valence-corrected chi connectivity index (χ3v) is 5.20. The van der Waals surface area contributed by atoms with Crippen molar-refractivity contribution in [3.8, 4) is 0 Å². The largest absolute Gasteiger partial charge is 0.456 e. The van der Waals surface area contributed by atoms with Crippen LogP contribution in [0.2, 0.25) is 0 Å². The van der Waals surface area contributed by atoms with Crippen LogP contribution in [-0.4, -0.2) is 41.6 Å². The van der Waals surface area contributed by atoms with Gasteiger partial charge in [0.1, 0.15) is 6.54 Å². The summed E-state index contributed by atoms with van der Waals surface area (Å²) in [6, 6.07) is 12.0. The lowest BCUT2D eigenvalue weighted by atomic mass is 9.90. The number of ketones is 1. The van der Waals surface area contributed by atoms with E-state index in [1.54, 1.807) is 30.3 Å². The van der Waals surface area contributed by atoms with E-state index >= 15 is 0 Å². The number of esters is 1. The summed E-state index contributed by atoms with van der Waals surface area (Å²) >= 11 is 0. The molecule has 4 rings (SSSR count). The predicted molar refractivity (Wildman–Crippen MR) is 100 cm³/mol. The number of ether oxygens (including phenoxy) is 1. The van der Waals surface area contributed by atoms with Crippen molar-refractivity contribution in [2.45, 2.75) is 25.7 Å². The van der Waals surface area contributed by atoms with Crippen molar-refractivity contribution in [1.82, 2.24) is 4.90 Å². The van der Waals surface area contributed by atoms with Crippen LogP contribution >= 0.6 is 0 Å². The summed E-state index contributed by atoms with van der Waals surface area (Å²) in [6.07, 6.45) is 4.25. The maximum atomic E-state index is 12.4. The van der Waals surface area contributed by atoms with Crippen molar-refractivity contribution in [3.05, 3.63) is 70.3 Å². The van der Waals surface area contributed by atoms with E-state index in [4.69, 9.17) is 4.74 Å². The zero-order valence-electron chi connectivity index (χ0n) is 15.3. The fraction of sp³-hybridized carbons (Fsp3) is 0.273. The summed E-state index contributed by atoms with van der Waals surface area (Å²) in [6.45, 7) is -0.926. The zero-order valence-corrected chi connectivity index (χ0v) is 15.3. The molecular formula is C22H19NO5. The number of hydrogen-bond donors (Lipinski definition) is 0. The molecule has 2 aliphatic rings. The van der Waals surface area contributed by atoms with Gasteiger partial charge >= 0.3 is 5.97 Å². The molecule has 2 amide bonds. The molecule has 6 heteroatoms. The molecule has 0 unspecified atom stereocenters. The van der Waals surface area contributed by atoms with Crippen LogP contribution in [0.15, 0.2) is 42.5 Å². The Morgan fingerprint density at radius 3 is 2.21 bits per heavy atom. The summed E-state index contributed by atoms with van der Waals surface area (Å²) in [5.41, 5.74) is 3.49. The van der Waals surface area contributed by atoms with Gasteiger partial charge in [-0.2, -0.15) is 0 Å². The van der Waals surface area contributed by atoms with Crippen LogP contribution in [0.3, 0.4) is 0 Å². The maximum Gasteiger partial charge on any atom is 0.326 e. The number of fused-ring (bicyclic) bond motifs is 2. The topological polar surface area (TPSA) is 80.8 Å². The van der Waals surface area contributed by atoms with E-state index in [-0.39, 0.29) is 16.9 Å². The van der Waals surface area contributed by atoms with E-state index in [0.29, 0.717) is 5.56 Å². The number of benzene rings is 2. The molecule has 2 aromatic rings. The van der Waals surface area contributed by atoms with Crippen molar-refractivity contribution in [1.29, 1.82) is 0 Å². The molecule has 0 aromatic heterocycles. The molecule has 1 aliphatic heterocycles. The van der Waals surface area contributed by atoms with Gasteiger partial charge in [-0.1, -0.05) is 24.3 Å². The monoisotopic (exact) mass is 377 g/mol. The van der Waals surface area contributed by atoms with Crippen LogP contribution < -0.4 is 0 Å². The fourth-order valence-corrected chi connectivity index (χ4v) is 3.69.